The average molecular weight is 152 g/mol. The van der Waals surface area contributed by atoms with Gasteiger partial charge in [-0.2, -0.15) is 0 Å². The van der Waals surface area contributed by atoms with E-state index in [0.29, 0.717) is 5.54 Å². The molecular weight excluding hydrogens is 133 g/mol. The van der Waals surface area contributed by atoms with Crippen molar-refractivity contribution in [2.24, 2.45) is 0 Å². The number of piperidine rings is 1. The molecule has 0 atom stereocenters. The summed E-state index contributed by atoms with van der Waals surface area (Å²) in [6.07, 6.45) is 4.24. The lowest BCUT2D eigenvalue weighted by Gasteiger charge is -2.38. The minimum absolute atomic E-state index is 0. The Bertz CT molecular complexity index is 101. The van der Waals surface area contributed by atoms with Gasteiger partial charge in [0.05, 0.1) is 0 Å². The zero-order valence-electron chi connectivity index (χ0n) is 8.06. The van der Waals surface area contributed by atoms with Crippen LogP contribution in [0, 0.1) is 0 Å². The van der Waals surface area contributed by atoms with Gasteiger partial charge in [0.15, 0.2) is 0 Å². The SMILES string of the molecule is CC(C)(C)N1CCCCC1.[B]. The first-order chi connectivity index (χ1) is 4.61. The third kappa shape index (κ3) is 3.28. The van der Waals surface area contributed by atoms with Crippen molar-refractivity contribution in [2.75, 3.05) is 13.1 Å². The largest absolute Gasteiger partial charge is 0.298 e. The van der Waals surface area contributed by atoms with Crippen LogP contribution in [-0.4, -0.2) is 31.9 Å². The van der Waals surface area contributed by atoms with Crippen molar-refractivity contribution < 1.29 is 0 Å². The highest BCUT2D eigenvalue weighted by molar-refractivity contribution is 5.75. The van der Waals surface area contributed by atoms with Crippen LogP contribution in [0.3, 0.4) is 0 Å². The van der Waals surface area contributed by atoms with Crippen LogP contribution in [-0.2, 0) is 0 Å². The molecule has 1 aliphatic rings. The van der Waals surface area contributed by atoms with E-state index in [1.807, 2.05) is 0 Å². The summed E-state index contributed by atoms with van der Waals surface area (Å²) in [6, 6.07) is 0. The number of rotatable bonds is 0. The Kier molecular flexibility index (Phi) is 4.16. The molecule has 2 heteroatoms. The fraction of sp³-hybridized carbons (Fsp3) is 1.00. The van der Waals surface area contributed by atoms with Crippen LogP contribution >= 0.6 is 0 Å². The average Bonchev–Trinajstić information content (AvgIpc) is 1.88. The predicted octanol–water partition coefficient (Wildman–Crippen LogP) is 1.89. The smallest absolute Gasteiger partial charge is 0.0125 e. The van der Waals surface area contributed by atoms with Gasteiger partial charge in [-0.25, -0.2) is 0 Å². The molecule has 0 unspecified atom stereocenters. The minimum Gasteiger partial charge on any atom is -0.298 e. The van der Waals surface area contributed by atoms with Crippen molar-refractivity contribution in [3.05, 3.63) is 0 Å². The fourth-order valence-electron chi connectivity index (χ4n) is 1.56. The molecule has 0 spiro atoms. The van der Waals surface area contributed by atoms with Gasteiger partial charge in [0.1, 0.15) is 0 Å². The van der Waals surface area contributed by atoms with Crippen LogP contribution in [0.25, 0.3) is 0 Å². The maximum absolute atomic E-state index is 2.58. The molecule has 3 radical (unpaired) electrons. The van der Waals surface area contributed by atoms with Gasteiger partial charge in [0.2, 0.25) is 0 Å². The van der Waals surface area contributed by atoms with Crippen molar-refractivity contribution in [2.45, 2.75) is 45.6 Å². The van der Waals surface area contributed by atoms with E-state index in [0.717, 1.165) is 0 Å². The highest BCUT2D eigenvalue weighted by Gasteiger charge is 2.21. The zero-order chi connectivity index (χ0) is 7.61. The molecule has 0 N–H and O–H groups in total. The van der Waals surface area contributed by atoms with E-state index in [1.54, 1.807) is 0 Å². The summed E-state index contributed by atoms with van der Waals surface area (Å²) in [5, 5.41) is 0. The molecule has 1 rings (SSSR count). The van der Waals surface area contributed by atoms with E-state index in [1.165, 1.54) is 32.4 Å². The van der Waals surface area contributed by atoms with Gasteiger partial charge >= 0.3 is 0 Å². The highest BCUT2D eigenvalue weighted by atomic mass is 15.2. The summed E-state index contributed by atoms with van der Waals surface area (Å²) >= 11 is 0. The second-order valence-corrected chi connectivity index (χ2v) is 4.22. The van der Waals surface area contributed by atoms with Crippen molar-refractivity contribution in [1.29, 1.82) is 0 Å². The molecule has 0 aromatic carbocycles. The highest BCUT2D eigenvalue weighted by Crippen LogP contribution is 2.18. The Balaban J connectivity index is 0.000001000. The van der Waals surface area contributed by atoms with Gasteiger partial charge < -0.3 is 0 Å². The van der Waals surface area contributed by atoms with Gasteiger partial charge in [0, 0.05) is 14.0 Å². The molecule has 0 saturated carbocycles. The maximum atomic E-state index is 2.58. The Morgan fingerprint density at radius 2 is 1.36 bits per heavy atom. The van der Waals surface area contributed by atoms with Crippen LogP contribution in [0.4, 0.5) is 0 Å². The Morgan fingerprint density at radius 1 is 0.909 bits per heavy atom. The molecule has 1 nitrogen and oxygen atoms in total. The van der Waals surface area contributed by atoms with Crippen LogP contribution in [0.1, 0.15) is 40.0 Å². The van der Waals surface area contributed by atoms with Crippen molar-refractivity contribution in [3.8, 4) is 0 Å². The van der Waals surface area contributed by atoms with E-state index in [4.69, 9.17) is 0 Å². The number of nitrogens with zero attached hydrogens (tertiary/aromatic N) is 1. The van der Waals surface area contributed by atoms with Crippen LogP contribution in [0.15, 0.2) is 0 Å². The summed E-state index contributed by atoms with van der Waals surface area (Å²) in [4.78, 5) is 2.58. The molecule has 0 aromatic rings. The lowest BCUT2D eigenvalue weighted by molar-refractivity contribution is 0.111. The summed E-state index contributed by atoms with van der Waals surface area (Å²) in [7, 11) is 0. The first kappa shape index (κ1) is 11.0. The van der Waals surface area contributed by atoms with E-state index in [2.05, 4.69) is 25.7 Å². The molecule has 1 heterocycles. The first-order valence-corrected chi connectivity index (χ1v) is 4.36. The Morgan fingerprint density at radius 3 is 1.64 bits per heavy atom. The van der Waals surface area contributed by atoms with Crippen LogP contribution in [0.5, 0.6) is 0 Å². The monoisotopic (exact) mass is 152 g/mol. The summed E-state index contributed by atoms with van der Waals surface area (Å²) in [6.45, 7) is 9.53. The molecule has 1 saturated heterocycles. The van der Waals surface area contributed by atoms with Gasteiger partial charge in [-0.05, 0) is 46.7 Å². The molecular formula is C9H19BN. The van der Waals surface area contributed by atoms with E-state index in [-0.39, 0.29) is 8.41 Å². The Hall–Kier alpha value is 0.0249. The predicted molar refractivity (Wildman–Crippen MR) is 50.9 cm³/mol. The van der Waals surface area contributed by atoms with E-state index < -0.39 is 0 Å². The van der Waals surface area contributed by atoms with Gasteiger partial charge in [-0.1, -0.05) is 6.42 Å². The molecule has 1 aliphatic heterocycles. The van der Waals surface area contributed by atoms with Gasteiger partial charge in [-0.3, -0.25) is 4.90 Å². The summed E-state index contributed by atoms with van der Waals surface area (Å²) in [5.74, 6) is 0. The van der Waals surface area contributed by atoms with E-state index in [9.17, 15) is 0 Å². The molecule has 0 bridgehead atoms. The van der Waals surface area contributed by atoms with Gasteiger partial charge in [0.25, 0.3) is 0 Å². The number of hydrogen-bond donors (Lipinski definition) is 0. The normalized spacial score (nSPS) is 21.0. The number of likely N-dealkylation sites (tertiary alicyclic amines) is 1. The second kappa shape index (κ2) is 4.15. The first-order valence-electron chi connectivity index (χ1n) is 4.36. The van der Waals surface area contributed by atoms with Crippen molar-refractivity contribution in [1.82, 2.24) is 4.90 Å². The third-order valence-electron chi connectivity index (χ3n) is 2.30. The topological polar surface area (TPSA) is 3.24 Å². The molecule has 0 amide bonds. The Labute approximate surface area is 72.7 Å². The molecule has 11 heavy (non-hydrogen) atoms. The standard InChI is InChI=1S/C9H19N.B/c1-9(2,3)10-7-5-4-6-8-10;/h4-8H2,1-3H3;. The lowest BCUT2D eigenvalue weighted by Crippen LogP contribution is -2.44. The summed E-state index contributed by atoms with van der Waals surface area (Å²) in [5.41, 5.74) is 0.403. The third-order valence-corrected chi connectivity index (χ3v) is 2.30. The van der Waals surface area contributed by atoms with Crippen LogP contribution < -0.4 is 0 Å². The fourth-order valence-corrected chi connectivity index (χ4v) is 1.56. The number of hydrogen-bond acceptors (Lipinski definition) is 1. The molecule has 1 fully saturated rings. The second-order valence-electron chi connectivity index (χ2n) is 4.22. The van der Waals surface area contributed by atoms with Crippen molar-refractivity contribution in [3.63, 3.8) is 0 Å². The molecule has 0 aromatic heterocycles. The van der Waals surface area contributed by atoms with Crippen LogP contribution in [0.2, 0.25) is 0 Å². The zero-order valence-corrected chi connectivity index (χ0v) is 8.06. The molecule has 0 aliphatic carbocycles. The van der Waals surface area contributed by atoms with Crippen molar-refractivity contribution >= 4 is 8.41 Å². The maximum Gasteiger partial charge on any atom is 0.0125 e. The lowest BCUT2D eigenvalue weighted by atomic mass is 10.0. The quantitative estimate of drug-likeness (QED) is 0.479. The molecule has 63 valence electrons. The minimum atomic E-state index is 0. The summed E-state index contributed by atoms with van der Waals surface area (Å²) < 4.78 is 0. The van der Waals surface area contributed by atoms with Gasteiger partial charge in [-0.15, -0.1) is 0 Å². The van der Waals surface area contributed by atoms with E-state index >= 15 is 0 Å².